The van der Waals surface area contributed by atoms with Crippen LogP contribution in [0.3, 0.4) is 0 Å². The Bertz CT molecular complexity index is 261. The molecule has 2 aliphatic rings. The van der Waals surface area contributed by atoms with Gasteiger partial charge in [-0.25, -0.2) is 0 Å². The lowest BCUT2D eigenvalue weighted by Crippen LogP contribution is -2.47. The van der Waals surface area contributed by atoms with Crippen molar-refractivity contribution < 1.29 is 0 Å². The van der Waals surface area contributed by atoms with Crippen LogP contribution in [0, 0.1) is 5.92 Å². The molecule has 2 rings (SSSR count). The Labute approximate surface area is 117 Å². The summed E-state index contributed by atoms with van der Waals surface area (Å²) in [4.78, 5) is 2.74. The van der Waals surface area contributed by atoms with Crippen LogP contribution in [0.25, 0.3) is 0 Å². The van der Waals surface area contributed by atoms with Crippen LogP contribution in [0.5, 0.6) is 0 Å². The molecule has 2 fully saturated rings. The highest BCUT2D eigenvalue weighted by atomic mass is 32.2. The highest BCUT2D eigenvalue weighted by Crippen LogP contribution is 2.32. The standard InChI is InChI=1S/C15H30N2S/c1-12(2)14(11-16-13-5-6-13)17-8-7-15(3,4)18-10-9-17/h12-14,16H,5-11H2,1-4H3. The monoisotopic (exact) mass is 270 g/mol. The van der Waals surface area contributed by atoms with Crippen molar-refractivity contribution in [3.05, 3.63) is 0 Å². The molecule has 0 aromatic carbocycles. The molecular formula is C15H30N2S. The Morgan fingerprint density at radius 1 is 1.28 bits per heavy atom. The fraction of sp³-hybridized carbons (Fsp3) is 1.00. The molecule has 1 aliphatic heterocycles. The minimum Gasteiger partial charge on any atom is -0.312 e. The highest BCUT2D eigenvalue weighted by Gasteiger charge is 2.30. The summed E-state index contributed by atoms with van der Waals surface area (Å²) < 4.78 is 0.472. The van der Waals surface area contributed by atoms with Gasteiger partial charge in [-0.1, -0.05) is 27.7 Å². The van der Waals surface area contributed by atoms with E-state index >= 15 is 0 Å². The normalized spacial score (nSPS) is 27.2. The summed E-state index contributed by atoms with van der Waals surface area (Å²) in [5.41, 5.74) is 0. The molecule has 1 saturated carbocycles. The quantitative estimate of drug-likeness (QED) is 0.827. The molecule has 0 radical (unpaired) electrons. The van der Waals surface area contributed by atoms with Crippen LogP contribution in [-0.2, 0) is 0 Å². The van der Waals surface area contributed by atoms with Crippen LogP contribution in [0.1, 0.15) is 47.0 Å². The Balaban J connectivity index is 1.87. The molecule has 0 aromatic rings. The van der Waals surface area contributed by atoms with Gasteiger partial charge < -0.3 is 5.32 Å². The van der Waals surface area contributed by atoms with Gasteiger partial charge in [-0.05, 0) is 31.7 Å². The van der Waals surface area contributed by atoms with Crippen molar-refractivity contribution in [1.29, 1.82) is 0 Å². The second-order valence-corrected chi connectivity index (χ2v) is 8.69. The summed E-state index contributed by atoms with van der Waals surface area (Å²) in [6.45, 7) is 13.3. The average molecular weight is 270 g/mol. The molecule has 1 saturated heterocycles. The number of hydrogen-bond donors (Lipinski definition) is 1. The zero-order chi connectivity index (χ0) is 13.2. The number of rotatable bonds is 5. The van der Waals surface area contributed by atoms with E-state index in [4.69, 9.17) is 0 Å². The molecule has 18 heavy (non-hydrogen) atoms. The van der Waals surface area contributed by atoms with Crippen molar-refractivity contribution in [3.63, 3.8) is 0 Å². The predicted molar refractivity (Wildman–Crippen MR) is 82.4 cm³/mol. The Kier molecular flexibility index (Phi) is 5.01. The zero-order valence-electron chi connectivity index (χ0n) is 12.5. The number of thioether (sulfide) groups is 1. The van der Waals surface area contributed by atoms with E-state index in [9.17, 15) is 0 Å². The Hall–Kier alpha value is 0.270. The first-order chi connectivity index (χ1) is 8.48. The van der Waals surface area contributed by atoms with E-state index in [0.717, 1.165) is 18.0 Å². The van der Waals surface area contributed by atoms with Gasteiger partial charge in [-0.2, -0.15) is 11.8 Å². The lowest BCUT2D eigenvalue weighted by Gasteiger charge is -2.34. The van der Waals surface area contributed by atoms with Gasteiger partial charge in [-0.15, -0.1) is 0 Å². The Morgan fingerprint density at radius 3 is 2.61 bits per heavy atom. The van der Waals surface area contributed by atoms with Gasteiger partial charge in [0.15, 0.2) is 0 Å². The van der Waals surface area contributed by atoms with E-state index in [1.54, 1.807) is 0 Å². The molecule has 0 amide bonds. The fourth-order valence-corrected chi connectivity index (χ4v) is 3.84. The molecule has 0 spiro atoms. The molecule has 1 unspecified atom stereocenters. The number of nitrogens with one attached hydrogen (secondary N) is 1. The lowest BCUT2D eigenvalue weighted by atomic mass is 10.0. The first-order valence-corrected chi connectivity index (χ1v) is 8.58. The van der Waals surface area contributed by atoms with E-state index in [1.807, 2.05) is 0 Å². The molecule has 106 valence electrons. The second kappa shape index (κ2) is 6.15. The van der Waals surface area contributed by atoms with Crippen molar-refractivity contribution >= 4 is 11.8 Å². The van der Waals surface area contributed by atoms with Crippen LogP contribution in [-0.4, -0.2) is 47.1 Å². The second-order valence-electron chi connectivity index (χ2n) is 6.89. The molecule has 0 aromatic heterocycles. The van der Waals surface area contributed by atoms with Gasteiger partial charge in [0.05, 0.1) is 0 Å². The van der Waals surface area contributed by atoms with Crippen molar-refractivity contribution in [3.8, 4) is 0 Å². The number of hydrogen-bond acceptors (Lipinski definition) is 3. The topological polar surface area (TPSA) is 15.3 Å². The predicted octanol–water partition coefficient (Wildman–Crippen LogP) is 2.98. The van der Waals surface area contributed by atoms with E-state index in [2.05, 4.69) is 49.7 Å². The van der Waals surface area contributed by atoms with E-state index in [-0.39, 0.29) is 0 Å². The zero-order valence-corrected chi connectivity index (χ0v) is 13.4. The van der Waals surface area contributed by atoms with Gasteiger partial charge in [-0.3, -0.25) is 4.90 Å². The largest absolute Gasteiger partial charge is 0.312 e. The van der Waals surface area contributed by atoms with Crippen LogP contribution < -0.4 is 5.32 Å². The molecule has 1 aliphatic carbocycles. The summed E-state index contributed by atoms with van der Waals surface area (Å²) >= 11 is 2.15. The summed E-state index contributed by atoms with van der Waals surface area (Å²) in [6, 6.07) is 1.56. The first-order valence-electron chi connectivity index (χ1n) is 7.59. The number of nitrogens with zero attached hydrogens (tertiary/aromatic N) is 1. The van der Waals surface area contributed by atoms with Crippen molar-refractivity contribution in [1.82, 2.24) is 10.2 Å². The Morgan fingerprint density at radius 2 is 2.00 bits per heavy atom. The SMILES string of the molecule is CC(C)C(CNC1CC1)N1CCSC(C)(C)CC1. The van der Waals surface area contributed by atoms with E-state index in [0.29, 0.717) is 4.75 Å². The molecular weight excluding hydrogens is 240 g/mol. The van der Waals surface area contributed by atoms with Crippen LogP contribution in [0.4, 0.5) is 0 Å². The molecule has 2 nitrogen and oxygen atoms in total. The van der Waals surface area contributed by atoms with Gasteiger partial charge in [0, 0.05) is 35.7 Å². The molecule has 1 N–H and O–H groups in total. The van der Waals surface area contributed by atoms with Gasteiger partial charge >= 0.3 is 0 Å². The minimum absolute atomic E-state index is 0.472. The van der Waals surface area contributed by atoms with Crippen LogP contribution >= 0.6 is 11.8 Å². The maximum Gasteiger partial charge on any atom is 0.0244 e. The maximum absolute atomic E-state index is 3.73. The lowest BCUT2D eigenvalue weighted by molar-refractivity contribution is 0.158. The summed E-state index contributed by atoms with van der Waals surface area (Å²) in [5.74, 6) is 2.04. The van der Waals surface area contributed by atoms with Crippen molar-refractivity contribution in [2.45, 2.75) is 63.8 Å². The van der Waals surface area contributed by atoms with Crippen molar-refractivity contribution in [2.75, 3.05) is 25.4 Å². The smallest absolute Gasteiger partial charge is 0.0244 e. The summed E-state index contributed by atoms with van der Waals surface area (Å²) in [5, 5.41) is 3.73. The molecule has 1 atom stereocenters. The van der Waals surface area contributed by atoms with Crippen LogP contribution in [0.2, 0.25) is 0 Å². The third-order valence-electron chi connectivity index (χ3n) is 4.30. The van der Waals surface area contributed by atoms with Gasteiger partial charge in [0.25, 0.3) is 0 Å². The average Bonchev–Trinajstić information content (AvgIpc) is 3.08. The highest BCUT2D eigenvalue weighted by molar-refractivity contribution is 8.00. The maximum atomic E-state index is 3.73. The molecule has 1 heterocycles. The fourth-order valence-electron chi connectivity index (χ4n) is 2.73. The van der Waals surface area contributed by atoms with E-state index < -0.39 is 0 Å². The molecule has 3 heteroatoms. The summed E-state index contributed by atoms with van der Waals surface area (Å²) in [6.07, 6.45) is 4.12. The minimum atomic E-state index is 0.472. The third kappa shape index (κ3) is 4.43. The molecule has 0 bridgehead atoms. The summed E-state index contributed by atoms with van der Waals surface area (Å²) in [7, 11) is 0. The van der Waals surface area contributed by atoms with Crippen LogP contribution in [0.15, 0.2) is 0 Å². The van der Waals surface area contributed by atoms with E-state index in [1.165, 1.54) is 44.6 Å². The third-order valence-corrected chi connectivity index (χ3v) is 5.68. The van der Waals surface area contributed by atoms with Gasteiger partial charge in [0.2, 0.25) is 0 Å². The first kappa shape index (κ1) is 14.7. The van der Waals surface area contributed by atoms with Crippen molar-refractivity contribution in [2.24, 2.45) is 5.92 Å². The van der Waals surface area contributed by atoms with Gasteiger partial charge in [0.1, 0.15) is 0 Å².